The lowest BCUT2D eigenvalue weighted by atomic mass is 10.1. The predicted octanol–water partition coefficient (Wildman–Crippen LogP) is 1.43. The number of carbonyl (C=O) groups is 2. The molecular formula is C19H20F2N4O4S. The molecule has 3 amide bonds. The van der Waals surface area contributed by atoms with Gasteiger partial charge in [0.1, 0.15) is 11.6 Å². The van der Waals surface area contributed by atoms with E-state index in [-0.39, 0.29) is 48.0 Å². The maximum absolute atomic E-state index is 14.6. The number of nitrogens with two attached hydrogens (primary N) is 1. The van der Waals surface area contributed by atoms with Gasteiger partial charge in [0.2, 0.25) is 0 Å². The molecule has 11 heteroatoms. The Morgan fingerprint density at radius 1 is 1.10 bits per heavy atom. The first kappa shape index (κ1) is 21.7. The normalized spacial score (nSPS) is 15.5. The van der Waals surface area contributed by atoms with E-state index < -0.39 is 33.4 Å². The van der Waals surface area contributed by atoms with Gasteiger partial charge in [-0.1, -0.05) is 12.1 Å². The summed E-state index contributed by atoms with van der Waals surface area (Å²) in [6.45, 7) is -0.266. The van der Waals surface area contributed by atoms with Crippen LogP contribution in [0.4, 0.5) is 19.3 Å². The molecular weight excluding hydrogens is 418 g/mol. The monoisotopic (exact) mass is 438 g/mol. The van der Waals surface area contributed by atoms with Crippen LogP contribution in [0.3, 0.4) is 0 Å². The van der Waals surface area contributed by atoms with Gasteiger partial charge in [-0.3, -0.25) is 15.1 Å². The summed E-state index contributed by atoms with van der Waals surface area (Å²) < 4.78 is 51.7. The Balaban J connectivity index is 1.91. The molecule has 0 unspecified atom stereocenters. The number of halogens is 2. The second-order valence-electron chi connectivity index (χ2n) is 6.77. The van der Waals surface area contributed by atoms with Crippen LogP contribution in [0, 0.1) is 11.6 Å². The van der Waals surface area contributed by atoms with E-state index in [1.165, 1.54) is 40.1 Å². The third kappa shape index (κ3) is 4.92. The van der Waals surface area contributed by atoms with Gasteiger partial charge in [0.25, 0.3) is 5.91 Å². The topological polar surface area (TPSA) is 113 Å². The molecule has 8 nitrogen and oxygen atoms in total. The first-order chi connectivity index (χ1) is 14.2. The highest BCUT2D eigenvalue weighted by molar-refractivity contribution is 7.91. The number of sulfone groups is 1. The minimum atomic E-state index is -3.21. The van der Waals surface area contributed by atoms with Gasteiger partial charge in [0.15, 0.2) is 9.84 Å². The number of rotatable bonds is 4. The summed E-state index contributed by atoms with van der Waals surface area (Å²) >= 11 is 0. The van der Waals surface area contributed by atoms with Crippen LogP contribution >= 0.6 is 0 Å². The molecule has 3 rings (SSSR count). The number of nitrogen functional groups attached to an aromatic ring is 1. The number of nitrogens with zero attached hydrogens (tertiary/aromatic N) is 2. The van der Waals surface area contributed by atoms with Crippen LogP contribution in [0.1, 0.15) is 15.9 Å². The van der Waals surface area contributed by atoms with Crippen LogP contribution in [-0.4, -0.2) is 49.9 Å². The van der Waals surface area contributed by atoms with E-state index in [1.807, 2.05) is 5.43 Å². The summed E-state index contributed by atoms with van der Waals surface area (Å²) in [6, 6.07) is 8.35. The molecule has 0 aromatic heterocycles. The van der Waals surface area contributed by atoms with Crippen molar-refractivity contribution < 1.29 is 26.8 Å². The van der Waals surface area contributed by atoms with E-state index in [4.69, 9.17) is 5.84 Å². The average Bonchev–Trinajstić information content (AvgIpc) is 2.71. The minimum Gasteiger partial charge on any atom is -0.322 e. The molecule has 1 saturated heterocycles. The third-order valence-corrected chi connectivity index (χ3v) is 6.35. The zero-order valence-corrected chi connectivity index (χ0v) is 16.7. The Morgan fingerprint density at radius 2 is 1.80 bits per heavy atom. The summed E-state index contributed by atoms with van der Waals surface area (Å²) in [5.41, 5.74) is 2.18. The lowest BCUT2D eigenvalue weighted by molar-refractivity contribution is 0.0953. The molecule has 1 fully saturated rings. The fourth-order valence-corrected chi connectivity index (χ4v) is 4.26. The number of benzene rings is 2. The minimum absolute atomic E-state index is 0.00335. The van der Waals surface area contributed by atoms with E-state index in [2.05, 4.69) is 0 Å². The van der Waals surface area contributed by atoms with Gasteiger partial charge in [-0.2, -0.15) is 0 Å². The van der Waals surface area contributed by atoms with E-state index in [1.54, 1.807) is 0 Å². The second kappa shape index (κ2) is 8.76. The highest BCUT2D eigenvalue weighted by atomic mass is 32.2. The molecule has 0 saturated carbocycles. The quantitative estimate of drug-likeness (QED) is 0.426. The van der Waals surface area contributed by atoms with Crippen LogP contribution in [0.2, 0.25) is 0 Å². The molecule has 0 aliphatic carbocycles. The number of hydrazine groups is 1. The lowest BCUT2D eigenvalue weighted by Gasteiger charge is -2.33. The Kier molecular flexibility index (Phi) is 6.32. The Labute approximate surface area is 172 Å². The standard InChI is InChI=1S/C19H20F2N4O4S/c20-15-2-1-3-16(11-15)25(19(27)24-6-8-30(28,29)9-7-24)12-14-5-4-13(10-17(14)21)18(26)23-22/h1-5,10-11H,6-9,12,22H2,(H,23,26). The first-order valence-electron chi connectivity index (χ1n) is 9.02. The van der Waals surface area contributed by atoms with Crippen molar-refractivity contribution in [3.05, 3.63) is 65.2 Å². The van der Waals surface area contributed by atoms with Gasteiger partial charge in [-0.05, 0) is 30.3 Å². The SMILES string of the molecule is NNC(=O)c1ccc(CN(C(=O)N2CCS(=O)(=O)CC2)c2cccc(F)c2)c(F)c1. The van der Waals surface area contributed by atoms with Crippen molar-refractivity contribution in [3.63, 3.8) is 0 Å². The van der Waals surface area contributed by atoms with Crippen molar-refractivity contribution in [3.8, 4) is 0 Å². The van der Waals surface area contributed by atoms with Gasteiger partial charge in [-0.25, -0.2) is 27.8 Å². The van der Waals surface area contributed by atoms with E-state index in [0.29, 0.717) is 0 Å². The van der Waals surface area contributed by atoms with Crippen molar-refractivity contribution >= 4 is 27.5 Å². The molecule has 160 valence electrons. The number of urea groups is 1. The molecule has 1 aliphatic heterocycles. The number of nitrogens with one attached hydrogen (secondary N) is 1. The summed E-state index contributed by atoms with van der Waals surface area (Å²) in [6.07, 6.45) is 0. The molecule has 0 spiro atoms. The fraction of sp³-hybridized carbons (Fsp3) is 0.263. The summed E-state index contributed by atoms with van der Waals surface area (Å²) in [5, 5.41) is 0. The van der Waals surface area contributed by atoms with E-state index >= 15 is 0 Å². The van der Waals surface area contributed by atoms with E-state index in [9.17, 15) is 26.8 Å². The average molecular weight is 438 g/mol. The molecule has 3 N–H and O–H groups in total. The molecule has 0 atom stereocenters. The zero-order chi connectivity index (χ0) is 21.9. The molecule has 30 heavy (non-hydrogen) atoms. The number of carbonyl (C=O) groups excluding carboxylic acids is 2. The highest BCUT2D eigenvalue weighted by Crippen LogP contribution is 2.23. The van der Waals surface area contributed by atoms with Gasteiger partial charge >= 0.3 is 6.03 Å². The van der Waals surface area contributed by atoms with Crippen LogP contribution in [0.5, 0.6) is 0 Å². The zero-order valence-electron chi connectivity index (χ0n) is 15.8. The highest BCUT2D eigenvalue weighted by Gasteiger charge is 2.29. The molecule has 2 aromatic rings. The third-order valence-electron chi connectivity index (χ3n) is 4.74. The van der Waals surface area contributed by atoms with Crippen molar-refractivity contribution in [1.29, 1.82) is 0 Å². The fourth-order valence-electron chi connectivity index (χ4n) is 3.06. The number of hydrogen-bond acceptors (Lipinski definition) is 5. The Hall–Kier alpha value is -3.05. The lowest BCUT2D eigenvalue weighted by Crippen LogP contribution is -2.49. The molecule has 1 aliphatic rings. The number of hydrogen-bond donors (Lipinski definition) is 2. The van der Waals surface area contributed by atoms with E-state index in [0.717, 1.165) is 12.1 Å². The summed E-state index contributed by atoms with van der Waals surface area (Å²) in [4.78, 5) is 27.2. The number of anilines is 1. The predicted molar refractivity (Wildman–Crippen MR) is 106 cm³/mol. The maximum atomic E-state index is 14.6. The van der Waals surface area contributed by atoms with Gasteiger partial charge in [0.05, 0.1) is 18.1 Å². The molecule has 0 radical (unpaired) electrons. The Morgan fingerprint density at radius 3 is 2.40 bits per heavy atom. The smallest absolute Gasteiger partial charge is 0.322 e. The van der Waals surface area contributed by atoms with Crippen molar-refractivity contribution in [2.75, 3.05) is 29.5 Å². The van der Waals surface area contributed by atoms with Crippen molar-refractivity contribution in [1.82, 2.24) is 10.3 Å². The second-order valence-corrected chi connectivity index (χ2v) is 9.07. The van der Waals surface area contributed by atoms with Gasteiger partial charge in [0, 0.05) is 29.9 Å². The van der Waals surface area contributed by atoms with Gasteiger partial charge < -0.3 is 4.90 Å². The maximum Gasteiger partial charge on any atom is 0.324 e. The van der Waals surface area contributed by atoms with Crippen molar-refractivity contribution in [2.45, 2.75) is 6.54 Å². The summed E-state index contributed by atoms with van der Waals surface area (Å²) in [7, 11) is -3.21. The number of amides is 3. The first-order valence-corrected chi connectivity index (χ1v) is 10.8. The Bertz CT molecular complexity index is 1060. The largest absolute Gasteiger partial charge is 0.324 e. The van der Waals surface area contributed by atoms with Crippen LogP contribution in [0.25, 0.3) is 0 Å². The van der Waals surface area contributed by atoms with Crippen LogP contribution in [-0.2, 0) is 16.4 Å². The summed E-state index contributed by atoms with van der Waals surface area (Å²) in [5.74, 6) is 2.70. The van der Waals surface area contributed by atoms with Crippen LogP contribution < -0.4 is 16.2 Å². The molecule has 1 heterocycles. The van der Waals surface area contributed by atoms with Crippen LogP contribution in [0.15, 0.2) is 42.5 Å². The van der Waals surface area contributed by atoms with Gasteiger partial charge in [-0.15, -0.1) is 0 Å². The van der Waals surface area contributed by atoms with Crippen molar-refractivity contribution in [2.24, 2.45) is 5.84 Å². The molecule has 0 bridgehead atoms. The molecule has 2 aromatic carbocycles.